The molecule has 4 heterocycles. The molecule has 1 N–H and O–H groups in total. The van der Waals surface area contributed by atoms with E-state index in [0.717, 1.165) is 72.9 Å². The lowest BCUT2D eigenvalue weighted by Crippen LogP contribution is -2.36. The quantitative estimate of drug-likeness (QED) is 0.700. The van der Waals surface area contributed by atoms with Crippen LogP contribution in [0.5, 0.6) is 0 Å². The van der Waals surface area contributed by atoms with Crippen molar-refractivity contribution in [2.24, 2.45) is 7.05 Å². The summed E-state index contributed by atoms with van der Waals surface area (Å²) in [7, 11) is 1.88. The fourth-order valence-corrected chi connectivity index (χ4v) is 4.01. The van der Waals surface area contributed by atoms with Crippen LogP contribution >= 0.6 is 0 Å². The maximum absolute atomic E-state index is 13.1. The summed E-state index contributed by atoms with van der Waals surface area (Å²) >= 11 is 0. The Morgan fingerprint density at radius 1 is 1.27 bits per heavy atom. The molecule has 0 spiro atoms. The Morgan fingerprint density at radius 2 is 2.07 bits per heavy atom. The van der Waals surface area contributed by atoms with E-state index in [2.05, 4.69) is 20.3 Å². The summed E-state index contributed by atoms with van der Waals surface area (Å²) < 4.78 is 7.16. The SMILES string of the molecule is Cc1nn(C)c2nc(C3CC3)cc(C(=O)NCc3ccc(N4CCOCC4)nc3)c12. The molecule has 2 fully saturated rings. The van der Waals surface area contributed by atoms with E-state index >= 15 is 0 Å². The fraction of sp³-hybridized carbons (Fsp3) is 0.455. The topological polar surface area (TPSA) is 85.2 Å². The van der Waals surface area contributed by atoms with Crippen LogP contribution in [0.4, 0.5) is 5.82 Å². The lowest BCUT2D eigenvalue weighted by molar-refractivity contribution is 0.0952. The number of carbonyl (C=O) groups is 1. The number of nitrogens with zero attached hydrogens (tertiary/aromatic N) is 5. The highest BCUT2D eigenvalue weighted by molar-refractivity contribution is 6.06. The summed E-state index contributed by atoms with van der Waals surface area (Å²) in [5.41, 5.74) is 4.22. The number of pyridine rings is 2. The predicted molar refractivity (Wildman–Crippen MR) is 114 cm³/mol. The van der Waals surface area contributed by atoms with E-state index in [0.29, 0.717) is 18.0 Å². The van der Waals surface area contributed by atoms with Gasteiger partial charge in [0.15, 0.2) is 5.65 Å². The zero-order valence-electron chi connectivity index (χ0n) is 17.4. The Kier molecular flexibility index (Phi) is 4.86. The van der Waals surface area contributed by atoms with E-state index in [1.165, 1.54) is 0 Å². The first-order valence-corrected chi connectivity index (χ1v) is 10.5. The molecule has 2 aliphatic rings. The predicted octanol–water partition coefficient (Wildman–Crippen LogP) is 2.32. The van der Waals surface area contributed by atoms with Crippen LogP contribution in [-0.4, -0.2) is 52.0 Å². The maximum Gasteiger partial charge on any atom is 0.252 e. The number of aromatic nitrogens is 4. The van der Waals surface area contributed by atoms with Gasteiger partial charge in [-0.25, -0.2) is 9.97 Å². The summed E-state index contributed by atoms with van der Waals surface area (Å²) in [6, 6.07) is 5.98. The molecule has 1 aliphatic carbocycles. The molecule has 3 aromatic rings. The minimum atomic E-state index is -0.0994. The molecule has 8 nitrogen and oxygen atoms in total. The van der Waals surface area contributed by atoms with E-state index in [1.807, 2.05) is 38.4 Å². The number of amides is 1. The molecule has 0 atom stereocenters. The number of rotatable bonds is 5. The van der Waals surface area contributed by atoms with Gasteiger partial charge in [0.1, 0.15) is 5.82 Å². The molecule has 0 unspecified atom stereocenters. The summed E-state index contributed by atoms with van der Waals surface area (Å²) in [5.74, 6) is 1.31. The molecule has 3 aromatic heterocycles. The van der Waals surface area contributed by atoms with Gasteiger partial charge in [0, 0.05) is 44.5 Å². The van der Waals surface area contributed by atoms with Gasteiger partial charge in [0.05, 0.1) is 29.9 Å². The molecule has 1 saturated heterocycles. The third-order valence-corrected chi connectivity index (χ3v) is 5.83. The van der Waals surface area contributed by atoms with Crippen LogP contribution in [0.25, 0.3) is 11.0 Å². The molecule has 30 heavy (non-hydrogen) atoms. The second-order valence-corrected chi connectivity index (χ2v) is 8.08. The molecular formula is C22H26N6O2. The number of ether oxygens (including phenoxy) is 1. The van der Waals surface area contributed by atoms with E-state index in [1.54, 1.807) is 4.68 Å². The molecule has 0 radical (unpaired) electrons. The first-order valence-electron chi connectivity index (χ1n) is 10.5. The second kappa shape index (κ2) is 7.68. The van der Waals surface area contributed by atoms with Crippen LogP contribution in [0.2, 0.25) is 0 Å². The van der Waals surface area contributed by atoms with Crippen molar-refractivity contribution < 1.29 is 9.53 Å². The number of aryl methyl sites for hydroxylation is 2. The average Bonchev–Trinajstić information content (AvgIpc) is 3.59. The number of morpholine rings is 1. The summed E-state index contributed by atoms with van der Waals surface area (Å²) in [6.07, 6.45) is 4.10. The molecule has 0 aromatic carbocycles. The third kappa shape index (κ3) is 3.63. The van der Waals surface area contributed by atoms with E-state index in [4.69, 9.17) is 9.72 Å². The molecule has 8 heteroatoms. The second-order valence-electron chi connectivity index (χ2n) is 8.08. The van der Waals surface area contributed by atoms with Gasteiger partial charge in [-0.05, 0) is 37.5 Å². The molecule has 5 rings (SSSR count). The number of fused-ring (bicyclic) bond motifs is 1. The maximum atomic E-state index is 13.1. The Bertz CT molecular complexity index is 1080. The first-order chi connectivity index (χ1) is 14.6. The van der Waals surface area contributed by atoms with E-state index in [9.17, 15) is 4.79 Å². The number of anilines is 1. The zero-order chi connectivity index (χ0) is 20.7. The van der Waals surface area contributed by atoms with Crippen LogP contribution < -0.4 is 10.2 Å². The molecular weight excluding hydrogens is 380 g/mol. The van der Waals surface area contributed by atoms with Crippen molar-refractivity contribution in [1.29, 1.82) is 0 Å². The Balaban J connectivity index is 1.33. The summed E-state index contributed by atoms with van der Waals surface area (Å²) in [5, 5.41) is 8.36. The van der Waals surface area contributed by atoms with Crippen LogP contribution in [0, 0.1) is 6.92 Å². The fourth-order valence-electron chi connectivity index (χ4n) is 4.01. The van der Waals surface area contributed by atoms with Crippen molar-refractivity contribution in [1.82, 2.24) is 25.1 Å². The van der Waals surface area contributed by atoms with Gasteiger partial charge >= 0.3 is 0 Å². The van der Waals surface area contributed by atoms with Gasteiger partial charge in [-0.15, -0.1) is 0 Å². The van der Waals surface area contributed by atoms with Gasteiger partial charge < -0.3 is 15.0 Å². The standard InChI is InChI=1S/C22H26N6O2/c1-14-20-17(11-18(16-4-5-16)25-21(20)27(2)26-14)22(29)24-13-15-3-6-19(23-12-15)28-7-9-30-10-8-28/h3,6,11-12,16H,4-5,7-10,13H2,1-2H3,(H,24,29). The normalized spacial score (nSPS) is 16.8. The van der Waals surface area contributed by atoms with Crippen molar-refractivity contribution in [2.75, 3.05) is 31.2 Å². The minimum Gasteiger partial charge on any atom is -0.378 e. The lowest BCUT2D eigenvalue weighted by atomic mass is 10.1. The number of hydrogen-bond donors (Lipinski definition) is 1. The van der Waals surface area contributed by atoms with Crippen LogP contribution in [0.3, 0.4) is 0 Å². The zero-order valence-corrected chi connectivity index (χ0v) is 17.4. The molecule has 1 aliphatic heterocycles. The summed E-state index contributed by atoms with van der Waals surface area (Å²) in [4.78, 5) is 24.6. The van der Waals surface area contributed by atoms with Gasteiger partial charge in [-0.1, -0.05) is 6.07 Å². The van der Waals surface area contributed by atoms with Crippen molar-refractivity contribution in [3.05, 3.63) is 46.9 Å². The average molecular weight is 406 g/mol. The van der Waals surface area contributed by atoms with Gasteiger partial charge in [-0.3, -0.25) is 9.48 Å². The van der Waals surface area contributed by atoms with E-state index in [-0.39, 0.29) is 5.91 Å². The Morgan fingerprint density at radius 3 is 2.77 bits per heavy atom. The van der Waals surface area contributed by atoms with Crippen LogP contribution in [0.1, 0.15) is 46.1 Å². The smallest absolute Gasteiger partial charge is 0.252 e. The highest BCUT2D eigenvalue weighted by atomic mass is 16.5. The van der Waals surface area contributed by atoms with Crippen molar-refractivity contribution >= 4 is 22.8 Å². The van der Waals surface area contributed by atoms with Crippen LogP contribution in [0.15, 0.2) is 24.4 Å². The molecule has 1 amide bonds. The molecule has 1 saturated carbocycles. The Labute approximate surface area is 175 Å². The first kappa shape index (κ1) is 19.0. The van der Waals surface area contributed by atoms with Gasteiger partial charge in [0.2, 0.25) is 0 Å². The third-order valence-electron chi connectivity index (χ3n) is 5.83. The highest BCUT2D eigenvalue weighted by Crippen LogP contribution is 2.40. The lowest BCUT2D eigenvalue weighted by Gasteiger charge is -2.27. The van der Waals surface area contributed by atoms with Crippen molar-refractivity contribution in [3.63, 3.8) is 0 Å². The Hall–Kier alpha value is -3.00. The largest absolute Gasteiger partial charge is 0.378 e. The highest BCUT2D eigenvalue weighted by Gasteiger charge is 2.28. The van der Waals surface area contributed by atoms with Crippen LogP contribution in [-0.2, 0) is 18.3 Å². The van der Waals surface area contributed by atoms with Crippen molar-refractivity contribution in [2.45, 2.75) is 32.2 Å². The van der Waals surface area contributed by atoms with Crippen molar-refractivity contribution in [3.8, 4) is 0 Å². The molecule has 156 valence electrons. The monoisotopic (exact) mass is 406 g/mol. The molecule has 0 bridgehead atoms. The number of hydrogen-bond acceptors (Lipinski definition) is 6. The van der Waals surface area contributed by atoms with Gasteiger partial charge in [-0.2, -0.15) is 5.10 Å². The van der Waals surface area contributed by atoms with E-state index < -0.39 is 0 Å². The van der Waals surface area contributed by atoms with Gasteiger partial charge in [0.25, 0.3) is 5.91 Å². The number of nitrogens with one attached hydrogen (secondary N) is 1. The summed E-state index contributed by atoms with van der Waals surface area (Å²) in [6.45, 7) is 5.53. The minimum absolute atomic E-state index is 0.0994. The number of carbonyl (C=O) groups excluding carboxylic acids is 1.